The highest BCUT2D eigenvalue weighted by Gasteiger charge is 1.98. The van der Waals surface area contributed by atoms with E-state index < -0.39 is 0 Å². The van der Waals surface area contributed by atoms with Gasteiger partial charge in [0, 0.05) is 0 Å². The molecule has 0 heterocycles. The molecule has 0 amide bonds. The van der Waals surface area contributed by atoms with Crippen molar-refractivity contribution < 1.29 is 0 Å². The average molecular weight is 220 g/mol. The predicted octanol–water partition coefficient (Wildman–Crippen LogP) is 5.03. The molecule has 0 aliphatic carbocycles. The zero-order valence-corrected chi connectivity index (χ0v) is 10.1. The summed E-state index contributed by atoms with van der Waals surface area (Å²) in [4.78, 5) is 0. The minimum absolute atomic E-state index is 1.10. The largest absolute Gasteiger partial charge is 0.0985 e. The minimum Gasteiger partial charge on any atom is -0.0985 e. The Bertz CT molecular complexity index is 527. The summed E-state index contributed by atoms with van der Waals surface area (Å²) in [5.41, 5.74) is 5.89. The average Bonchev–Trinajstić information content (AvgIpc) is 2.39. The van der Waals surface area contributed by atoms with Gasteiger partial charge in [-0.25, -0.2) is 0 Å². The summed E-state index contributed by atoms with van der Waals surface area (Å²) in [6.07, 6.45) is 1.86. The summed E-state index contributed by atoms with van der Waals surface area (Å²) >= 11 is 0. The molecule has 0 atom stereocenters. The van der Waals surface area contributed by atoms with Gasteiger partial charge in [0.15, 0.2) is 0 Å². The maximum atomic E-state index is 3.94. The van der Waals surface area contributed by atoms with Gasteiger partial charge in [0.25, 0.3) is 0 Å². The van der Waals surface area contributed by atoms with Gasteiger partial charge in [0.05, 0.1) is 0 Å². The van der Waals surface area contributed by atoms with Crippen molar-refractivity contribution in [1.29, 1.82) is 0 Å². The number of hydrogen-bond donors (Lipinski definition) is 0. The zero-order valence-electron chi connectivity index (χ0n) is 10.1. The standard InChI is InChI=1S/C17H16/c1-4-14-5-7-16(8-6-14)17-11-9-15(10-12-17)13(2)3/h4-12H,1-2H2,3H3. The van der Waals surface area contributed by atoms with Crippen molar-refractivity contribution in [2.45, 2.75) is 6.92 Å². The third kappa shape index (κ3) is 2.54. The maximum absolute atomic E-state index is 3.94. The molecule has 0 N–H and O–H groups in total. The van der Waals surface area contributed by atoms with E-state index in [1.165, 1.54) is 16.7 Å². The van der Waals surface area contributed by atoms with E-state index in [0.717, 1.165) is 11.1 Å². The van der Waals surface area contributed by atoms with Gasteiger partial charge in [0.2, 0.25) is 0 Å². The number of rotatable bonds is 3. The second kappa shape index (κ2) is 4.84. The van der Waals surface area contributed by atoms with Crippen LogP contribution in [0.2, 0.25) is 0 Å². The molecule has 0 heteroatoms. The molecule has 0 aliphatic rings. The maximum Gasteiger partial charge on any atom is -0.0184 e. The van der Waals surface area contributed by atoms with Crippen LogP contribution in [0.15, 0.2) is 61.7 Å². The fourth-order valence-corrected chi connectivity index (χ4v) is 1.76. The fraction of sp³-hybridized carbons (Fsp3) is 0.0588. The van der Waals surface area contributed by atoms with Crippen LogP contribution in [-0.4, -0.2) is 0 Å². The van der Waals surface area contributed by atoms with Gasteiger partial charge < -0.3 is 0 Å². The van der Waals surface area contributed by atoms with Crippen molar-refractivity contribution in [3.05, 3.63) is 72.8 Å². The van der Waals surface area contributed by atoms with E-state index in [1.54, 1.807) is 0 Å². The summed E-state index contributed by atoms with van der Waals surface area (Å²) in [6, 6.07) is 16.9. The molecule has 2 rings (SSSR count). The summed E-state index contributed by atoms with van der Waals surface area (Å²) in [6.45, 7) is 9.72. The van der Waals surface area contributed by atoms with Crippen LogP contribution in [0, 0.1) is 0 Å². The first-order valence-corrected chi connectivity index (χ1v) is 5.69. The molecule has 0 nitrogen and oxygen atoms in total. The van der Waals surface area contributed by atoms with E-state index in [-0.39, 0.29) is 0 Å². The Morgan fingerprint density at radius 1 is 0.882 bits per heavy atom. The van der Waals surface area contributed by atoms with Gasteiger partial charge in [-0.1, -0.05) is 73.3 Å². The van der Waals surface area contributed by atoms with E-state index in [4.69, 9.17) is 0 Å². The van der Waals surface area contributed by atoms with Crippen molar-refractivity contribution in [3.8, 4) is 11.1 Å². The first kappa shape index (κ1) is 11.4. The first-order valence-electron chi connectivity index (χ1n) is 5.69. The van der Waals surface area contributed by atoms with Gasteiger partial charge in [-0.3, -0.25) is 0 Å². The van der Waals surface area contributed by atoms with Crippen LogP contribution in [-0.2, 0) is 0 Å². The molecule has 17 heavy (non-hydrogen) atoms. The van der Waals surface area contributed by atoms with Crippen LogP contribution >= 0.6 is 0 Å². The van der Waals surface area contributed by atoms with Crippen LogP contribution in [0.3, 0.4) is 0 Å². The predicted molar refractivity (Wildman–Crippen MR) is 76.7 cm³/mol. The molecule has 84 valence electrons. The van der Waals surface area contributed by atoms with Crippen LogP contribution in [0.1, 0.15) is 18.1 Å². The van der Waals surface area contributed by atoms with Crippen molar-refractivity contribution in [2.24, 2.45) is 0 Å². The van der Waals surface area contributed by atoms with E-state index in [0.29, 0.717) is 0 Å². The lowest BCUT2D eigenvalue weighted by Gasteiger charge is -2.04. The van der Waals surface area contributed by atoms with Gasteiger partial charge in [-0.05, 0) is 29.2 Å². The van der Waals surface area contributed by atoms with E-state index in [2.05, 4.69) is 61.7 Å². The molecule has 0 saturated heterocycles. The Morgan fingerprint density at radius 2 is 1.35 bits per heavy atom. The molecule has 0 aliphatic heterocycles. The second-order valence-electron chi connectivity index (χ2n) is 4.18. The third-order valence-corrected chi connectivity index (χ3v) is 2.86. The molecular formula is C17H16. The molecule has 0 unspecified atom stereocenters. The summed E-state index contributed by atoms with van der Waals surface area (Å²) in [7, 11) is 0. The van der Waals surface area contributed by atoms with E-state index >= 15 is 0 Å². The highest BCUT2D eigenvalue weighted by Crippen LogP contribution is 2.22. The van der Waals surface area contributed by atoms with Gasteiger partial charge in [-0.15, -0.1) is 0 Å². The van der Waals surface area contributed by atoms with Crippen LogP contribution in [0.25, 0.3) is 22.8 Å². The van der Waals surface area contributed by atoms with Gasteiger partial charge >= 0.3 is 0 Å². The van der Waals surface area contributed by atoms with Crippen LogP contribution in [0.4, 0.5) is 0 Å². The molecule has 0 radical (unpaired) electrons. The number of benzene rings is 2. The van der Waals surface area contributed by atoms with Crippen molar-refractivity contribution >= 4 is 11.6 Å². The number of hydrogen-bond acceptors (Lipinski definition) is 0. The topological polar surface area (TPSA) is 0 Å². The van der Waals surface area contributed by atoms with E-state index in [9.17, 15) is 0 Å². The Hall–Kier alpha value is -2.08. The molecular weight excluding hydrogens is 204 g/mol. The first-order chi connectivity index (χ1) is 8.20. The molecule has 0 saturated carbocycles. The molecule has 0 bridgehead atoms. The second-order valence-corrected chi connectivity index (χ2v) is 4.18. The third-order valence-electron chi connectivity index (χ3n) is 2.86. The zero-order chi connectivity index (χ0) is 12.3. The smallest absolute Gasteiger partial charge is 0.0184 e. The van der Waals surface area contributed by atoms with Crippen molar-refractivity contribution in [1.82, 2.24) is 0 Å². The highest BCUT2D eigenvalue weighted by molar-refractivity contribution is 5.69. The fourth-order valence-electron chi connectivity index (χ4n) is 1.76. The summed E-state index contributed by atoms with van der Waals surface area (Å²) in [5.74, 6) is 0. The normalized spacial score (nSPS) is 9.94. The molecule has 0 aromatic heterocycles. The summed E-state index contributed by atoms with van der Waals surface area (Å²) < 4.78 is 0. The quantitative estimate of drug-likeness (QED) is 0.680. The molecule has 2 aromatic rings. The minimum atomic E-state index is 1.10. The van der Waals surface area contributed by atoms with Crippen molar-refractivity contribution in [3.63, 3.8) is 0 Å². The Morgan fingerprint density at radius 3 is 1.76 bits per heavy atom. The Balaban J connectivity index is 2.32. The lowest BCUT2D eigenvalue weighted by Crippen LogP contribution is -1.81. The monoisotopic (exact) mass is 220 g/mol. The Kier molecular flexibility index (Phi) is 3.24. The molecule has 0 spiro atoms. The summed E-state index contributed by atoms with van der Waals surface area (Å²) in [5, 5.41) is 0. The van der Waals surface area contributed by atoms with Crippen molar-refractivity contribution in [2.75, 3.05) is 0 Å². The SMILES string of the molecule is C=Cc1ccc(-c2ccc(C(=C)C)cc2)cc1. The Labute approximate surface area is 103 Å². The molecule has 0 fully saturated rings. The van der Waals surface area contributed by atoms with E-state index in [1.807, 2.05) is 13.0 Å². The lowest BCUT2D eigenvalue weighted by atomic mass is 10.0. The molecule has 2 aromatic carbocycles. The highest BCUT2D eigenvalue weighted by atomic mass is 14.0. The van der Waals surface area contributed by atoms with Gasteiger partial charge in [0.1, 0.15) is 0 Å². The van der Waals surface area contributed by atoms with Gasteiger partial charge in [-0.2, -0.15) is 0 Å². The number of allylic oxidation sites excluding steroid dienone is 1. The lowest BCUT2D eigenvalue weighted by molar-refractivity contribution is 1.55. The van der Waals surface area contributed by atoms with Crippen LogP contribution in [0.5, 0.6) is 0 Å². The van der Waals surface area contributed by atoms with Crippen LogP contribution < -0.4 is 0 Å².